The number of nitrogens with zero attached hydrogens (tertiary/aromatic N) is 1. The van der Waals surface area contributed by atoms with Crippen molar-refractivity contribution in [3.63, 3.8) is 0 Å². The molecule has 1 fully saturated rings. The highest BCUT2D eigenvalue weighted by atomic mass is 19.1. The third-order valence-corrected chi connectivity index (χ3v) is 4.22. The maximum Gasteiger partial charge on any atom is 0.244 e. The average molecular weight is 339 g/mol. The molecule has 0 bridgehead atoms. The normalized spacial score (nSPS) is 16.9. The van der Waals surface area contributed by atoms with Crippen LogP contribution in [0, 0.1) is 17.6 Å². The predicted octanol–water partition coefficient (Wildman–Crippen LogP) is 2.14. The van der Waals surface area contributed by atoms with Gasteiger partial charge < -0.3 is 15.5 Å². The fraction of sp³-hybridized carbons (Fsp3) is 0.529. The van der Waals surface area contributed by atoms with Gasteiger partial charge in [-0.2, -0.15) is 0 Å². The Kier molecular flexibility index (Phi) is 6.66. The Morgan fingerprint density at radius 2 is 2.04 bits per heavy atom. The molecule has 2 amide bonds. The third-order valence-electron chi connectivity index (χ3n) is 4.22. The lowest BCUT2D eigenvalue weighted by molar-refractivity contribution is -0.134. The van der Waals surface area contributed by atoms with Crippen LogP contribution >= 0.6 is 0 Å². The van der Waals surface area contributed by atoms with E-state index in [0.29, 0.717) is 18.9 Å². The second-order valence-electron chi connectivity index (χ2n) is 5.95. The standard InChI is InChI=1S/C17H23F2N3O2/c1-2-22(16(24)7-6-12-8-9-20-10-12)11-15(23)21-17-13(18)4-3-5-14(17)19/h3-5,12,20H,2,6-11H2,1H3,(H,21,23). The molecule has 2 rings (SSSR count). The van der Waals surface area contributed by atoms with Gasteiger partial charge >= 0.3 is 0 Å². The average Bonchev–Trinajstić information content (AvgIpc) is 3.07. The van der Waals surface area contributed by atoms with Crippen LogP contribution in [-0.4, -0.2) is 42.9 Å². The first kappa shape index (κ1) is 18.3. The van der Waals surface area contributed by atoms with Gasteiger partial charge in [0.25, 0.3) is 0 Å². The van der Waals surface area contributed by atoms with E-state index in [2.05, 4.69) is 10.6 Å². The Balaban J connectivity index is 1.86. The van der Waals surface area contributed by atoms with Crippen LogP contribution in [0.25, 0.3) is 0 Å². The van der Waals surface area contributed by atoms with Crippen LogP contribution in [-0.2, 0) is 9.59 Å². The fourth-order valence-electron chi connectivity index (χ4n) is 2.79. The minimum atomic E-state index is -0.841. The summed E-state index contributed by atoms with van der Waals surface area (Å²) in [6.07, 6.45) is 2.22. The minimum absolute atomic E-state index is 0.117. The predicted molar refractivity (Wildman–Crippen MR) is 87.5 cm³/mol. The number of hydrogen-bond donors (Lipinski definition) is 2. The number of rotatable bonds is 7. The van der Waals surface area contributed by atoms with Crippen LogP contribution in [0.4, 0.5) is 14.5 Å². The lowest BCUT2D eigenvalue weighted by atomic mass is 10.0. The van der Waals surface area contributed by atoms with Crippen molar-refractivity contribution in [1.82, 2.24) is 10.2 Å². The van der Waals surface area contributed by atoms with Gasteiger partial charge in [0, 0.05) is 13.0 Å². The lowest BCUT2D eigenvalue weighted by Gasteiger charge is -2.21. The smallest absolute Gasteiger partial charge is 0.244 e. The van der Waals surface area contributed by atoms with E-state index in [1.165, 1.54) is 11.0 Å². The Morgan fingerprint density at radius 3 is 2.62 bits per heavy atom. The van der Waals surface area contributed by atoms with Crippen molar-refractivity contribution in [1.29, 1.82) is 0 Å². The van der Waals surface area contributed by atoms with Crippen molar-refractivity contribution in [3.05, 3.63) is 29.8 Å². The molecule has 1 aliphatic rings. The number of nitrogens with one attached hydrogen (secondary N) is 2. The molecular weight excluding hydrogens is 316 g/mol. The number of hydrogen-bond acceptors (Lipinski definition) is 3. The maximum atomic E-state index is 13.5. The molecule has 7 heteroatoms. The highest BCUT2D eigenvalue weighted by Crippen LogP contribution is 2.18. The molecule has 0 radical (unpaired) electrons. The summed E-state index contributed by atoms with van der Waals surface area (Å²) in [7, 11) is 0. The molecular formula is C17H23F2N3O2. The molecule has 1 aromatic carbocycles. The number of carbonyl (C=O) groups is 2. The number of halogens is 2. The molecule has 0 aromatic heterocycles. The van der Waals surface area contributed by atoms with E-state index in [9.17, 15) is 18.4 Å². The molecule has 0 aliphatic carbocycles. The van der Waals surface area contributed by atoms with Crippen molar-refractivity contribution >= 4 is 17.5 Å². The van der Waals surface area contributed by atoms with Crippen LogP contribution in [0.5, 0.6) is 0 Å². The summed E-state index contributed by atoms with van der Waals surface area (Å²) in [6.45, 7) is 3.83. The minimum Gasteiger partial charge on any atom is -0.334 e. The molecule has 5 nitrogen and oxygen atoms in total. The SMILES string of the molecule is CCN(CC(=O)Nc1c(F)cccc1F)C(=O)CCC1CCNC1. The molecule has 0 spiro atoms. The van der Waals surface area contributed by atoms with E-state index in [1.54, 1.807) is 6.92 Å². The van der Waals surface area contributed by atoms with Gasteiger partial charge in [-0.1, -0.05) is 6.07 Å². The first-order chi connectivity index (χ1) is 11.5. The van der Waals surface area contributed by atoms with Gasteiger partial charge in [0.15, 0.2) is 0 Å². The van der Waals surface area contributed by atoms with E-state index < -0.39 is 23.2 Å². The van der Waals surface area contributed by atoms with Gasteiger partial charge in [-0.15, -0.1) is 0 Å². The van der Waals surface area contributed by atoms with Crippen molar-refractivity contribution in [2.75, 3.05) is 31.5 Å². The van der Waals surface area contributed by atoms with Crippen molar-refractivity contribution in [2.24, 2.45) is 5.92 Å². The van der Waals surface area contributed by atoms with E-state index >= 15 is 0 Å². The summed E-state index contributed by atoms with van der Waals surface area (Å²) in [5.74, 6) is -1.92. The molecule has 1 saturated heterocycles. The first-order valence-corrected chi connectivity index (χ1v) is 8.23. The Bertz CT molecular complexity index is 569. The van der Waals surface area contributed by atoms with Gasteiger partial charge in [0.1, 0.15) is 17.3 Å². The Hall–Kier alpha value is -2.02. The summed E-state index contributed by atoms with van der Waals surface area (Å²) in [5.41, 5.74) is -0.483. The van der Waals surface area contributed by atoms with Crippen molar-refractivity contribution < 1.29 is 18.4 Å². The molecule has 24 heavy (non-hydrogen) atoms. The largest absolute Gasteiger partial charge is 0.334 e. The summed E-state index contributed by atoms with van der Waals surface area (Å²) in [5, 5.41) is 5.45. The highest BCUT2D eigenvalue weighted by Gasteiger charge is 2.20. The van der Waals surface area contributed by atoms with Crippen LogP contribution in [0.3, 0.4) is 0 Å². The number of benzene rings is 1. The van der Waals surface area contributed by atoms with Gasteiger partial charge in [-0.05, 0) is 50.9 Å². The van der Waals surface area contributed by atoms with E-state index in [1.807, 2.05) is 0 Å². The van der Waals surface area contributed by atoms with E-state index in [0.717, 1.165) is 38.1 Å². The van der Waals surface area contributed by atoms with Crippen LogP contribution in [0.15, 0.2) is 18.2 Å². The molecule has 1 unspecified atom stereocenters. The Morgan fingerprint density at radius 1 is 1.33 bits per heavy atom. The van der Waals surface area contributed by atoms with Gasteiger partial charge in [-0.25, -0.2) is 8.78 Å². The van der Waals surface area contributed by atoms with Gasteiger partial charge in [0.05, 0.1) is 6.54 Å². The molecule has 1 heterocycles. The lowest BCUT2D eigenvalue weighted by Crippen LogP contribution is -2.38. The number of likely N-dealkylation sites (N-methyl/N-ethyl adjacent to an activating group) is 1. The van der Waals surface area contributed by atoms with Crippen molar-refractivity contribution in [2.45, 2.75) is 26.2 Å². The second-order valence-corrected chi connectivity index (χ2v) is 5.95. The molecule has 1 aromatic rings. The maximum absolute atomic E-state index is 13.5. The van der Waals surface area contributed by atoms with Gasteiger partial charge in [-0.3, -0.25) is 9.59 Å². The zero-order valence-electron chi connectivity index (χ0n) is 13.8. The number of para-hydroxylation sites is 1. The summed E-state index contributed by atoms with van der Waals surface area (Å²) >= 11 is 0. The number of carbonyl (C=O) groups excluding carboxylic acids is 2. The molecule has 1 aliphatic heterocycles. The quantitative estimate of drug-likeness (QED) is 0.800. The molecule has 2 N–H and O–H groups in total. The second kappa shape index (κ2) is 8.73. The van der Waals surface area contributed by atoms with E-state index in [-0.39, 0.29) is 12.5 Å². The van der Waals surface area contributed by atoms with Gasteiger partial charge in [0.2, 0.25) is 11.8 Å². The summed E-state index contributed by atoms with van der Waals surface area (Å²) in [4.78, 5) is 25.6. The van der Waals surface area contributed by atoms with Crippen molar-refractivity contribution in [3.8, 4) is 0 Å². The number of anilines is 1. The Labute approximate surface area is 140 Å². The zero-order chi connectivity index (χ0) is 17.5. The zero-order valence-corrected chi connectivity index (χ0v) is 13.8. The summed E-state index contributed by atoms with van der Waals surface area (Å²) < 4.78 is 27.1. The van der Waals surface area contributed by atoms with E-state index in [4.69, 9.17) is 0 Å². The topological polar surface area (TPSA) is 61.4 Å². The number of amides is 2. The molecule has 0 saturated carbocycles. The summed E-state index contributed by atoms with van der Waals surface area (Å²) in [6, 6.07) is 3.36. The molecule has 1 atom stereocenters. The van der Waals surface area contributed by atoms with Crippen LogP contribution < -0.4 is 10.6 Å². The fourth-order valence-corrected chi connectivity index (χ4v) is 2.79. The first-order valence-electron chi connectivity index (χ1n) is 8.23. The van der Waals surface area contributed by atoms with Crippen LogP contribution in [0.1, 0.15) is 26.2 Å². The molecule has 132 valence electrons. The monoisotopic (exact) mass is 339 g/mol. The highest BCUT2D eigenvalue weighted by molar-refractivity contribution is 5.94. The van der Waals surface area contributed by atoms with Crippen LogP contribution in [0.2, 0.25) is 0 Å². The third kappa shape index (κ3) is 4.99.